The Balaban J connectivity index is 1.78. The second-order valence-electron chi connectivity index (χ2n) is 6.83. The monoisotopic (exact) mass is 316 g/mol. The van der Waals surface area contributed by atoms with E-state index in [-0.39, 0.29) is 6.61 Å². The summed E-state index contributed by atoms with van der Waals surface area (Å²) in [5.41, 5.74) is 2.81. The number of aliphatic hydroxyl groups excluding tert-OH is 1. The van der Waals surface area contributed by atoms with E-state index < -0.39 is 0 Å². The molecule has 23 heavy (non-hydrogen) atoms. The molecule has 0 bridgehead atoms. The molecule has 3 nitrogen and oxygen atoms in total. The molecule has 0 spiro atoms. The van der Waals surface area contributed by atoms with Crippen molar-refractivity contribution in [1.29, 1.82) is 0 Å². The van der Waals surface area contributed by atoms with Crippen LogP contribution in [0.25, 0.3) is 0 Å². The highest BCUT2D eigenvalue weighted by Crippen LogP contribution is 2.14. The summed E-state index contributed by atoms with van der Waals surface area (Å²) in [4.78, 5) is 5.10. The van der Waals surface area contributed by atoms with Crippen molar-refractivity contribution in [2.75, 3.05) is 39.3 Å². The average Bonchev–Trinajstić information content (AvgIpc) is 2.55. The highest BCUT2D eigenvalue weighted by molar-refractivity contribution is 5.14. The van der Waals surface area contributed by atoms with E-state index in [0.29, 0.717) is 6.04 Å². The molecule has 0 aliphatic carbocycles. The molecule has 1 aromatic carbocycles. The molecule has 1 fully saturated rings. The van der Waals surface area contributed by atoms with E-state index in [2.05, 4.69) is 60.1 Å². The Morgan fingerprint density at radius 2 is 2.00 bits per heavy atom. The molecule has 128 valence electrons. The minimum atomic E-state index is 0.286. The summed E-state index contributed by atoms with van der Waals surface area (Å²) in [7, 11) is 0. The molecule has 1 heterocycles. The van der Waals surface area contributed by atoms with Gasteiger partial charge in [0.25, 0.3) is 0 Å². The molecule has 1 N–H and O–H groups in total. The molecule has 0 saturated carbocycles. The zero-order chi connectivity index (χ0) is 16.5. The van der Waals surface area contributed by atoms with Crippen LogP contribution in [0.1, 0.15) is 32.3 Å². The van der Waals surface area contributed by atoms with Crippen molar-refractivity contribution in [1.82, 2.24) is 9.80 Å². The Morgan fingerprint density at radius 1 is 1.22 bits per heavy atom. The van der Waals surface area contributed by atoms with E-state index in [9.17, 15) is 5.11 Å². The Labute approximate surface area is 141 Å². The van der Waals surface area contributed by atoms with Gasteiger partial charge in [-0.15, -0.1) is 0 Å². The van der Waals surface area contributed by atoms with Gasteiger partial charge in [0, 0.05) is 38.8 Å². The first-order valence-corrected chi connectivity index (χ1v) is 8.93. The first kappa shape index (κ1) is 18.2. The molecule has 1 atom stereocenters. The standard InChI is InChI=1S/C20H32N2O/c1-18(2)10-13-22-15-14-21(17-20(22)11-16-23)12-6-9-19-7-4-3-5-8-19/h3-5,7-8,10,20,23H,6,9,11-17H2,1-2H3/t20-/m1/s1. The van der Waals surface area contributed by atoms with Crippen molar-refractivity contribution in [3.8, 4) is 0 Å². The van der Waals surface area contributed by atoms with Gasteiger partial charge in [0.15, 0.2) is 0 Å². The topological polar surface area (TPSA) is 26.7 Å². The third kappa shape index (κ3) is 6.46. The van der Waals surface area contributed by atoms with Crippen molar-refractivity contribution < 1.29 is 5.11 Å². The summed E-state index contributed by atoms with van der Waals surface area (Å²) >= 11 is 0. The van der Waals surface area contributed by atoms with Crippen LogP contribution >= 0.6 is 0 Å². The summed E-state index contributed by atoms with van der Waals surface area (Å²) in [6, 6.07) is 11.2. The van der Waals surface area contributed by atoms with Gasteiger partial charge in [0.2, 0.25) is 0 Å². The molecule has 0 radical (unpaired) electrons. The Hall–Kier alpha value is -1.16. The van der Waals surface area contributed by atoms with Crippen LogP contribution in [0.3, 0.4) is 0 Å². The maximum atomic E-state index is 9.36. The zero-order valence-corrected chi connectivity index (χ0v) is 14.7. The lowest BCUT2D eigenvalue weighted by molar-refractivity contribution is 0.0672. The summed E-state index contributed by atoms with van der Waals surface area (Å²) in [5, 5.41) is 9.36. The van der Waals surface area contributed by atoms with Gasteiger partial charge in [-0.3, -0.25) is 4.90 Å². The van der Waals surface area contributed by atoms with Gasteiger partial charge in [-0.1, -0.05) is 42.0 Å². The van der Waals surface area contributed by atoms with E-state index in [1.807, 2.05) is 0 Å². The quantitative estimate of drug-likeness (QED) is 0.747. The van der Waals surface area contributed by atoms with Crippen molar-refractivity contribution >= 4 is 0 Å². The molecule has 1 aromatic rings. The van der Waals surface area contributed by atoms with E-state index in [0.717, 1.165) is 45.6 Å². The fourth-order valence-electron chi connectivity index (χ4n) is 3.27. The zero-order valence-electron chi connectivity index (χ0n) is 14.7. The molecule has 1 aliphatic heterocycles. The number of allylic oxidation sites excluding steroid dienone is 1. The minimum Gasteiger partial charge on any atom is -0.396 e. The predicted molar refractivity (Wildman–Crippen MR) is 97.7 cm³/mol. The molecular weight excluding hydrogens is 284 g/mol. The molecule has 3 heteroatoms. The van der Waals surface area contributed by atoms with Crippen molar-refractivity contribution in [2.24, 2.45) is 0 Å². The maximum absolute atomic E-state index is 9.36. The van der Waals surface area contributed by atoms with Crippen LogP contribution in [0.5, 0.6) is 0 Å². The molecule has 1 saturated heterocycles. The van der Waals surface area contributed by atoms with Gasteiger partial charge in [-0.05, 0) is 45.2 Å². The first-order valence-electron chi connectivity index (χ1n) is 8.93. The predicted octanol–water partition coefficient (Wildman–Crippen LogP) is 2.95. The Morgan fingerprint density at radius 3 is 2.70 bits per heavy atom. The van der Waals surface area contributed by atoms with Crippen LogP contribution in [-0.2, 0) is 6.42 Å². The summed E-state index contributed by atoms with van der Waals surface area (Å²) in [6.07, 6.45) is 5.55. The number of nitrogens with zero attached hydrogens (tertiary/aromatic N) is 2. The van der Waals surface area contributed by atoms with Gasteiger partial charge >= 0.3 is 0 Å². The third-order valence-corrected chi connectivity index (χ3v) is 4.67. The highest BCUT2D eigenvalue weighted by atomic mass is 16.3. The second-order valence-corrected chi connectivity index (χ2v) is 6.83. The fourth-order valence-corrected chi connectivity index (χ4v) is 3.27. The SMILES string of the molecule is CC(C)=CCN1CCN(CCCc2ccccc2)C[C@H]1CCO. The van der Waals surface area contributed by atoms with Crippen molar-refractivity contribution in [2.45, 2.75) is 39.2 Å². The van der Waals surface area contributed by atoms with E-state index in [1.54, 1.807) is 0 Å². The number of rotatable bonds is 8. The number of aliphatic hydroxyl groups is 1. The highest BCUT2D eigenvalue weighted by Gasteiger charge is 2.25. The van der Waals surface area contributed by atoms with Crippen LogP contribution in [0.2, 0.25) is 0 Å². The Kier molecular flexibility index (Phi) is 7.80. The van der Waals surface area contributed by atoms with Crippen LogP contribution in [0.15, 0.2) is 42.0 Å². The van der Waals surface area contributed by atoms with Gasteiger partial charge < -0.3 is 10.0 Å². The first-order chi connectivity index (χ1) is 11.2. The van der Waals surface area contributed by atoms with Crippen LogP contribution < -0.4 is 0 Å². The second kappa shape index (κ2) is 9.86. The summed E-state index contributed by atoms with van der Waals surface area (Å²) in [6.45, 7) is 10.1. The lowest BCUT2D eigenvalue weighted by atomic mass is 10.1. The maximum Gasteiger partial charge on any atom is 0.0446 e. The third-order valence-electron chi connectivity index (χ3n) is 4.67. The number of hydrogen-bond donors (Lipinski definition) is 1. The van der Waals surface area contributed by atoms with Crippen LogP contribution in [-0.4, -0.2) is 60.3 Å². The van der Waals surface area contributed by atoms with E-state index in [4.69, 9.17) is 0 Å². The largest absolute Gasteiger partial charge is 0.396 e. The summed E-state index contributed by atoms with van der Waals surface area (Å²) in [5.74, 6) is 0. The Bertz CT molecular complexity index is 468. The van der Waals surface area contributed by atoms with Crippen molar-refractivity contribution in [3.05, 3.63) is 47.5 Å². The number of hydrogen-bond acceptors (Lipinski definition) is 3. The summed E-state index contributed by atoms with van der Waals surface area (Å²) < 4.78 is 0. The molecule has 1 aliphatic rings. The molecular formula is C20H32N2O. The lowest BCUT2D eigenvalue weighted by Crippen LogP contribution is -2.53. The van der Waals surface area contributed by atoms with Gasteiger partial charge in [0.1, 0.15) is 0 Å². The van der Waals surface area contributed by atoms with Crippen LogP contribution in [0, 0.1) is 0 Å². The smallest absolute Gasteiger partial charge is 0.0446 e. The molecule has 0 unspecified atom stereocenters. The van der Waals surface area contributed by atoms with E-state index in [1.165, 1.54) is 17.6 Å². The van der Waals surface area contributed by atoms with Crippen molar-refractivity contribution in [3.63, 3.8) is 0 Å². The van der Waals surface area contributed by atoms with Gasteiger partial charge in [-0.25, -0.2) is 0 Å². The van der Waals surface area contributed by atoms with Gasteiger partial charge in [-0.2, -0.15) is 0 Å². The molecule has 2 rings (SSSR count). The minimum absolute atomic E-state index is 0.286. The number of aryl methyl sites for hydroxylation is 1. The van der Waals surface area contributed by atoms with Gasteiger partial charge in [0.05, 0.1) is 0 Å². The normalized spacial score (nSPS) is 19.7. The number of piperazine rings is 1. The van der Waals surface area contributed by atoms with E-state index >= 15 is 0 Å². The fraction of sp³-hybridized carbons (Fsp3) is 0.600. The molecule has 0 aromatic heterocycles. The lowest BCUT2D eigenvalue weighted by Gasteiger charge is -2.41. The average molecular weight is 316 g/mol. The number of benzene rings is 1. The molecule has 0 amide bonds. The van der Waals surface area contributed by atoms with Crippen LogP contribution in [0.4, 0.5) is 0 Å².